The highest BCUT2D eigenvalue weighted by Crippen LogP contribution is 2.43. The Kier molecular flexibility index (Phi) is 3.11. The normalized spacial score (nSPS) is 16.6. The zero-order valence-corrected chi connectivity index (χ0v) is 10.3. The summed E-state index contributed by atoms with van der Waals surface area (Å²) in [4.78, 5) is 12.0. The minimum atomic E-state index is -0.0831. The fourth-order valence-electron chi connectivity index (χ4n) is 1.77. The quantitative estimate of drug-likeness (QED) is 0.797. The van der Waals surface area contributed by atoms with E-state index >= 15 is 0 Å². The summed E-state index contributed by atoms with van der Waals surface area (Å²) in [6, 6.07) is 1.76. The van der Waals surface area contributed by atoms with E-state index in [4.69, 9.17) is 5.73 Å². The van der Waals surface area contributed by atoms with Gasteiger partial charge in [-0.05, 0) is 39.3 Å². The number of aromatic nitrogens is 2. The number of amides is 1. The van der Waals surface area contributed by atoms with Crippen LogP contribution < -0.4 is 11.1 Å². The van der Waals surface area contributed by atoms with E-state index in [-0.39, 0.29) is 11.3 Å². The Labute approximate surface area is 101 Å². The van der Waals surface area contributed by atoms with E-state index in [0.29, 0.717) is 24.3 Å². The number of nitrogens with two attached hydrogens (primary N) is 1. The Bertz CT molecular complexity index is 440. The van der Waals surface area contributed by atoms with Crippen molar-refractivity contribution < 1.29 is 4.79 Å². The number of hydrogen-bond acceptors (Lipinski definition) is 4. The minimum Gasteiger partial charge on any atom is -0.351 e. The Balaban J connectivity index is 2.02. The van der Waals surface area contributed by atoms with Gasteiger partial charge in [0.2, 0.25) is 0 Å². The van der Waals surface area contributed by atoms with Crippen molar-refractivity contribution in [1.29, 1.82) is 0 Å². The van der Waals surface area contributed by atoms with Crippen LogP contribution in [0, 0.1) is 19.3 Å². The zero-order valence-electron chi connectivity index (χ0n) is 10.3. The van der Waals surface area contributed by atoms with E-state index < -0.39 is 0 Å². The van der Waals surface area contributed by atoms with Crippen LogP contribution >= 0.6 is 0 Å². The Hall–Kier alpha value is -1.49. The lowest BCUT2D eigenvalue weighted by Crippen LogP contribution is -2.34. The first-order chi connectivity index (χ1) is 8.06. The van der Waals surface area contributed by atoms with Gasteiger partial charge in [0, 0.05) is 12.0 Å². The summed E-state index contributed by atoms with van der Waals surface area (Å²) in [5.41, 5.74) is 7.84. The van der Waals surface area contributed by atoms with Crippen LogP contribution in [-0.2, 0) is 0 Å². The van der Waals surface area contributed by atoms with Crippen molar-refractivity contribution in [3.05, 3.63) is 23.0 Å². The predicted molar refractivity (Wildman–Crippen MR) is 64.6 cm³/mol. The van der Waals surface area contributed by atoms with Crippen molar-refractivity contribution in [2.45, 2.75) is 26.7 Å². The highest BCUT2D eigenvalue weighted by Gasteiger charge is 2.41. The largest absolute Gasteiger partial charge is 0.351 e. The number of aryl methyl sites for hydroxylation is 2. The average molecular weight is 234 g/mol. The molecule has 17 heavy (non-hydrogen) atoms. The van der Waals surface area contributed by atoms with E-state index in [1.54, 1.807) is 13.0 Å². The molecule has 0 aliphatic heterocycles. The van der Waals surface area contributed by atoms with Crippen LogP contribution in [-0.4, -0.2) is 29.2 Å². The topological polar surface area (TPSA) is 80.9 Å². The number of carbonyl (C=O) groups is 1. The van der Waals surface area contributed by atoms with Gasteiger partial charge in [0.25, 0.3) is 5.91 Å². The summed E-state index contributed by atoms with van der Waals surface area (Å²) in [5, 5.41) is 10.8. The van der Waals surface area contributed by atoms with Gasteiger partial charge in [0.1, 0.15) is 0 Å². The first kappa shape index (κ1) is 12.0. The van der Waals surface area contributed by atoms with Gasteiger partial charge in [-0.15, -0.1) is 0 Å². The number of rotatable bonds is 4. The Morgan fingerprint density at radius 3 is 2.76 bits per heavy atom. The lowest BCUT2D eigenvalue weighted by atomic mass is 10.1. The van der Waals surface area contributed by atoms with Gasteiger partial charge in [-0.25, -0.2) is 0 Å². The summed E-state index contributed by atoms with van der Waals surface area (Å²) in [7, 11) is 0. The maximum Gasteiger partial charge on any atom is 0.253 e. The van der Waals surface area contributed by atoms with Crippen molar-refractivity contribution in [1.82, 2.24) is 15.5 Å². The maximum atomic E-state index is 12.0. The van der Waals surface area contributed by atoms with Crippen LogP contribution in [0.2, 0.25) is 0 Å². The van der Waals surface area contributed by atoms with Gasteiger partial charge in [-0.2, -0.15) is 10.2 Å². The van der Waals surface area contributed by atoms with Crippen LogP contribution in [0.1, 0.15) is 34.6 Å². The highest BCUT2D eigenvalue weighted by atomic mass is 16.1. The van der Waals surface area contributed by atoms with E-state index in [9.17, 15) is 4.79 Å². The summed E-state index contributed by atoms with van der Waals surface area (Å²) >= 11 is 0. The molecule has 0 aromatic carbocycles. The zero-order chi connectivity index (χ0) is 12.5. The summed E-state index contributed by atoms with van der Waals surface area (Å²) in [5.74, 6) is -0.0831. The van der Waals surface area contributed by atoms with Crippen molar-refractivity contribution in [3.63, 3.8) is 0 Å². The third-order valence-corrected chi connectivity index (χ3v) is 3.36. The third-order valence-electron chi connectivity index (χ3n) is 3.36. The van der Waals surface area contributed by atoms with E-state index in [2.05, 4.69) is 15.5 Å². The SMILES string of the molecule is Cc1cc(C(=O)NCC2(CN)CC2)c(C)nn1. The van der Waals surface area contributed by atoms with Crippen molar-refractivity contribution in [2.75, 3.05) is 13.1 Å². The number of nitrogens with zero attached hydrogens (tertiary/aromatic N) is 2. The number of carbonyl (C=O) groups excluding carboxylic acids is 1. The summed E-state index contributed by atoms with van der Waals surface area (Å²) in [6.07, 6.45) is 2.22. The molecule has 1 aromatic rings. The molecule has 0 spiro atoms. The van der Waals surface area contributed by atoms with Crippen LogP contribution in [0.25, 0.3) is 0 Å². The molecule has 0 bridgehead atoms. The van der Waals surface area contributed by atoms with E-state index in [1.807, 2.05) is 6.92 Å². The molecule has 0 atom stereocenters. The van der Waals surface area contributed by atoms with Gasteiger partial charge in [0.05, 0.1) is 17.0 Å². The fraction of sp³-hybridized carbons (Fsp3) is 0.583. The summed E-state index contributed by atoms with van der Waals surface area (Å²) in [6.45, 7) is 4.91. The minimum absolute atomic E-state index is 0.0831. The average Bonchev–Trinajstić information content (AvgIpc) is 3.10. The molecule has 1 aliphatic carbocycles. The molecule has 0 saturated heterocycles. The molecule has 5 heteroatoms. The maximum absolute atomic E-state index is 12.0. The van der Waals surface area contributed by atoms with Crippen molar-refractivity contribution in [2.24, 2.45) is 11.1 Å². The molecule has 1 heterocycles. The summed E-state index contributed by atoms with van der Waals surface area (Å²) < 4.78 is 0. The molecule has 1 aromatic heterocycles. The first-order valence-electron chi connectivity index (χ1n) is 5.85. The molecule has 1 saturated carbocycles. The number of hydrogen-bond donors (Lipinski definition) is 2. The molecule has 1 aliphatic rings. The molecule has 0 unspecified atom stereocenters. The molecule has 1 fully saturated rings. The van der Waals surface area contributed by atoms with Crippen LogP contribution in [0.5, 0.6) is 0 Å². The van der Waals surface area contributed by atoms with Crippen molar-refractivity contribution in [3.8, 4) is 0 Å². The van der Waals surface area contributed by atoms with Gasteiger partial charge in [-0.1, -0.05) is 0 Å². The molecular weight excluding hydrogens is 216 g/mol. The predicted octanol–water partition coefficient (Wildman–Crippen LogP) is 0.562. The smallest absolute Gasteiger partial charge is 0.253 e. The molecule has 5 nitrogen and oxygen atoms in total. The molecule has 0 radical (unpaired) electrons. The monoisotopic (exact) mass is 234 g/mol. The van der Waals surface area contributed by atoms with Gasteiger partial charge in [-0.3, -0.25) is 4.79 Å². The fourth-order valence-corrected chi connectivity index (χ4v) is 1.77. The first-order valence-corrected chi connectivity index (χ1v) is 5.85. The highest BCUT2D eigenvalue weighted by molar-refractivity contribution is 5.95. The second-order valence-corrected chi connectivity index (χ2v) is 4.87. The lowest BCUT2D eigenvalue weighted by molar-refractivity contribution is 0.0944. The number of nitrogens with one attached hydrogen (secondary N) is 1. The van der Waals surface area contributed by atoms with E-state index in [1.165, 1.54) is 0 Å². The Morgan fingerprint density at radius 1 is 1.47 bits per heavy atom. The van der Waals surface area contributed by atoms with Crippen molar-refractivity contribution >= 4 is 5.91 Å². The second-order valence-electron chi connectivity index (χ2n) is 4.87. The van der Waals surface area contributed by atoms with Crippen LogP contribution in [0.3, 0.4) is 0 Å². The standard InChI is InChI=1S/C12H18N4O/c1-8-5-10(9(2)16-15-8)11(17)14-7-12(6-13)3-4-12/h5H,3-4,6-7,13H2,1-2H3,(H,14,17). The van der Waals surface area contributed by atoms with Gasteiger partial charge >= 0.3 is 0 Å². The second kappa shape index (κ2) is 4.41. The molecule has 1 amide bonds. The van der Waals surface area contributed by atoms with Gasteiger partial charge < -0.3 is 11.1 Å². The molecular formula is C12H18N4O. The molecule has 92 valence electrons. The molecule has 3 N–H and O–H groups in total. The van der Waals surface area contributed by atoms with E-state index in [0.717, 1.165) is 18.5 Å². The Morgan fingerprint density at radius 2 is 2.18 bits per heavy atom. The van der Waals surface area contributed by atoms with Gasteiger partial charge in [0.15, 0.2) is 0 Å². The molecule has 2 rings (SSSR count). The lowest BCUT2D eigenvalue weighted by Gasteiger charge is -2.13. The third kappa shape index (κ3) is 2.61. The van der Waals surface area contributed by atoms with Crippen LogP contribution in [0.15, 0.2) is 6.07 Å². The van der Waals surface area contributed by atoms with Crippen LogP contribution in [0.4, 0.5) is 0 Å².